The van der Waals surface area contributed by atoms with Crippen molar-refractivity contribution >= 4 is 33.3 Å². The van der Waals surface area contributed by atoms with Crippen molar-refractivity contribution in [2.45, 2.75) is 31.0 Å². The maximum Gasteiger partial charge on any atom is 0.128 e. The summed E-state index contributed by atoms with van der Waals surface area (Å²) < 4.78 is 0. The molecule has 0 fully saturated rings. The van der Waals surface area contributed by atoms with Gasteiger partial charge in [0.1, 0.15) is 16.2 Å². The van der Waals surface area contributed by atoms with Crippen molar-refractivity contribution in [3.05, 3.63) is 76.4 Å². The molecule has 0 N–H and O–H groups in total. The van der Waals surface area contributed by atoms with Crippen molar-refractivity contribution in [2.24, 2.45) is 0 Å². The fraction of sp³-hybridized carbons (Fsp3) is 0.174. The van der Waals surface area contributed by atoms with Crippen LogP contribution in [0.1, 0.15) is 28.5 Å². The molecule has 0 atom stereocenters. The van der Waals surface area contributed by atoms with E-state index in [1.165, 1.54) is 21.6 Å². The summed E-state index contributed by atoms with van der Waals surface area (Å²) in [6.45, 7) is 4.30. The summed E-state index contributed by atoms with van der Waals surface area (Å²) in [4.78, 5) is 11.5. The molecule has 0 unspecified atom stereocenters. The Kier molecular flexibility index (Phi) is 5.43. The van der Waals surface area contributed by atoms with E-state index in [0.717, 1.165) is 33.0 Å². The Bertz CT molecular complexity index is 1170. The maximum absolute atomic E-state index is 9.12. The number of aromatic nitrogens is 2. The van der Waals surface area contributed by atoms with Gasteiger partial charge >= 0.3 is 0 Å². The summed E-state index contributed by atoms with van der Waals surface area (Å²) in [6.07, 6.45) is 2.63. The summed E-state index contributed by atoms with van der Waals surface area (Å²) in [5.74, 6) is 0.770. The lowest BCUT2D eigenvalue weighted by atomic mass is 10.0. The van der Waals surface area contributed by atoms with E-state index in [-0.39, 0.29) is 0 Å². The van der Waals surface area contributed by atoms with Gasteiger partial charge in [-0.25, -0.2) is 9.97 Å². The number of thioether (sulfide) groups is 1. The highest BCUT2D eigenvalue weighted by atomic mass is 32.2. The Balaban J connectivity index is 1.77. The van der Waals surface area contributed by atoms with E-state index < -0.39 is 0 Å². The van der Waals surface area contributed by atoms with Crippen LogP contribution < -0.4 is 0 Å². The first kappa shape index (κ1) is 18.7. The number of benzene rings is 2. The molecule has 0 saturated heterocycles. The van der Waals surface area contributed by atoms with Crippen LogP contribution in [0, 0.1) is 18.3 Å². The third-order valence-corrected chi connectivity index (χ3v) is 6.92. The fourth-order valence-corrected chi connectivity index (χ4v) is 5.33. The smallest absolute Gasteiger partial charge is 0.128 e. The first-order valence-corrected chi connectivity index (χ1v) is 10.9. The van der Waals surface area contributed by atoms with Gasteiger partial charge in [0.15, 0.2) is 0 Å². The molecule has 0 bridgehead atoms. The van der Waals surface area contributed by atoms with Gasteiger partial charge in [-0.15, -0.1) is 23.1 Å². The average Bonchev–Trinajstić information content (AvgIpc) is 3.12. The van der Waals surface area contributed by atoms with Crippen LogP contribution in [-0.4, -0.2) is 9.97 Å². The number of thiophene rings is 1. The third-order valence-electron chi connectivity index (χ3n) is 4.62. The van der Waals surface area contributed by atoms with Gasteiger partial charge in [0.2, 0.25) is 0 Å². The van der Waals surface area contributed by atoms with Crippen LogP contribution >= 0.6 is 23.1 Å². The first-order valence-electron chi connectivity index (χ1n) is 9.15. The Hall–Kier alpha value is -2.68. The lowest BCUT2D eigenvalue weighted by Gasteiger charge is -2.08. The molecule has 0 spiro atoms. The minimum atomic E-state index is 0.690. The van der Waals surface area contributed by atoms with Crippen LogP contribution in [0.4, 0.5) is 0 Å². The average molecular weight is 402 g/mol. The zero-order valence-corrected chi connectivity index (χ0v) is 17.4. The van der Waals surface area contributed by atoms with Gasteiger partial charge in [-0.05, 0) is 36.6 Å². The monoisotopic (exact) mass is 401 g/mol. The molecule has 5 heteroatoms. The number of nitrogens with zero attached hydrogens (tertiary/aromatic N) is 3. The Morgan fingerprint density at radius 3 is 2.68 bits per heavy atom. The van der Waals surface area contributed by atoms with E-state index in [1.807, 2.05) is 18.2 Å². The number of aryl methyl sites for hydroxylation is 2. The molecule has 0 aliphatic carbocycles. The number of hydrogen-bond donors (Lipinski definition) is 0. The van der Waals surface area contributed by atoms with E-state index in [0.29, 0.717) is 5.56 Å². The van der Waals surface area contributed by atoms with Crippen molar-refractivity contribution in [3.8, 4) is 17.2 Å². The van der Waals surface area contributed by atoms with Crippen LogP contribution in [0.25, 0.3) is 21.3 Å². The van der Waals surface area contributed by atoms with Crippen LogP contribution in [0.5, 0.6) is 0 Å². The van der Waals surface area contributed by atoms with Crippen molar-refractivity contribution in [3.63, 3.8) is 0 Å². The molecule has 4 aromatic rings. The molecular weight excluding hydrogens is 382 g/mol. The van der Waals surface area contributed by atoms with Crippen molar-refractivity contribution < 1.29 is 0 Å². The second-order valence-corrected chi connectivity index (χ2v) is 8.63. The summed E-state index contributed by atoms with van der Waals surface area (Å²) >= 11 is 3.46. The Morgan fingerprint density at radius 1 is 1.11 bits per heavy atom. The lowest BCUT2D eigenvalue weighted by molar-refractivity contribution is 1.11. The molecule has 4 rings (SSSR count). The largest absolute Gasteiger partial charge is 0.229 e. The molecule has 3 nitrogen and oxygen atoms in total. The van der Waals surface area contributed by atoms with Crippen LogP contribution in [0.2, 0.25) is 0 Å². The molecule has 0 aliphatic rings. The predicted octanol–water partition coefficient (Wildman–Crippen LogP) is 6.39. The molecule has 2 aromatic carbocycles. The fourth-order valence-electron chi connectivity index (χ4n) is 3.22. The zero-order chi connectivity index (χ0) is 19.5. The summed E-state index contributed by atoms with van der Waals surface area (Å²) in [6, 6.07) is 18.7. The lowest BCUT2D eigenvalue weighted by Crippen LogP contribution is -1.89. The second kappa shape index (κ2) is 8.14. The van der Waals surface area contributed by atoms with E-state index in [9.17, 15) is 0 Å². The van der Waals surface area contributed by atoms with Gasteiger partial charge in [-0.3, -0.25) is 0 Å². The summed E-state index contributed by atoms with van der Waals surface area (Å²) in [5, 5.41) is 11.3. The van der Waals surface area contributed by atoms with Gasteiger partial charge in [0.25, 0.3) is 0 Å². The summed E-state index contributed by atoms with van der Waals surface area (Å²) in [5.41, 5.74) is 5.55. The Labute approximate surface area is 173 Å². The topological polar surface area (TPSA) is 49.6 Å². The van der Waals surface area contributed by atoms with E-state index in [4.69, 9.17) is 5.26 Å². The van der Waals surface area contributed by atoms with Crippen LogP contribution in [0.15, 0.2) is 59.9 Å². The van der Waals surface area contributed by atoms with Gasteiger partial charge in [-0.1, -0.05) is 48.9 Å². The van der Waals surface area contributed by atoms with Gasteiger partial charge < -0.3 is 0 Å². The molecule has 138 valence electrons. The molecule has 2 aromatic heterocycles. The van der Waals surface area contributed by atoms with Gasteiger partial charge in [0.05, 0.1) is 17.0 Å². The molecule has 0 amide bonds. The van der Waals surface area contributed by atoms with E-state index in [1.54, 1.807) is 29.4 Å². The van der Waals surface area contributed by atoms with Crippen molar-refractivity contribution in [2.75, 3.05) is 0 Å². The highest BCUT2D eigenvalue weighted by molar-refractivity contribution is 7.98. The first-order chi connectivity index (χ1) is 13.7. The second-order valence-electron chi connectivity index (χ2n) is 6.58. The van der Waals surface area contributed by atoms with Crippen LogP contribution in [0.3, 0.4) is 0 Å². The van der Waals surface area contributed by atoms with E-state index in [2.05, 4.69) is 60.2 Å². The molecule has 28 heavy (non-hydrogen) atoms. The molecule has 0 aliphatic heterocycles. The minimum Gasteiger partial charge on any atom is -0.229 e. The SMILES string of the molecule is CCc1sc2ncnc(SCc3cccc(C#N)c3)c2c1-c1ccc(C)cc1. The standard InChI is InChI=1S/C23H19N3S2/c1-3-19-20(18-9-7-15(2)8-10-18)21-22(25-14-26-23(21)28-19)27-13-17-6-4-5-16(11-17)12-24/h4-11,14H,3,13H2,1-2H3. The normalized spacial score (nSPS) is 10.9. The van der Waals surface area contributed by atoms with Gasteiger partial charge in [-0.2, -0.15) is 5.26 Å². The highest BCUT2D eigenvalue weighted by Gasteiger charge is 2.18. The van der Waals surface area contributed by atoms with Crippen molar-refractivity contribution in [1.82, 2.24) is 9.97 Å². The zero-order valence-electron chi connectivity index (χ0n) is 15.8. The number of rotatable bonds is 5. The van der Waals surface area contributed by atoms with Crippen molar-refractivity contribution in [1.29, 1.82) is 5.26 Å². The van der Waals surface area contributed by atoms with Crippen LogP contribution in [-0.2, 0) is 12.2 Å². The molecule has 0 saturated carbocycles. The highest BCUT2D eigenvalue weighted by Crippen LogP contribution is 2.42. The van der Waals surface area contributed by atoms with Gasteiger partial charge in [0, 0.05) is 16.2 Å². The number of nitriles is 1. The molecular formula is C23H19N3S2. The Morgan fingerprint density at radius 2 is 1.93 bits per heavy atom. The summed E-state index contributed by atoms with van der Waals surface area (Å²) in [7, 11) is 0. The van der Waals surface area contributed by atoms with E-state index >= 15 is 0 Å². The maximum atomic E-state index is 9.12. The third kappa shape index (κ3) is 3.66. The minimum absolute atomic E-state index is 0.690. The molecule has 2 heterocycles. The molecule has 0 radical (unpaired) electrons. The quantitative estimate of drug-likeness (QED) is 0.287. The number of hydrogen-bond acceptors (Lipinski definition) is 5. The number of fused-ring (bicyclic) bond motifs is 1. The predicted molar refractivity (Wildman–Crippen MR) is 118 cm³/mol.